The summed E-state index contributed by atoms with van der Waals surface area (Å²) in [5.41, 5.74) is 0. The number of hydrogen-bond acceptors (Lipinski definition) is 2. The number of nitrogens with zero attached hydrogens (tertiary/aromatic N) is 1. The summed E-state index contributed by atoms with van der Waals surface area (Å²) in [5, 5.41) is 0. The first-order valence-corrected chi connectivity index (χ1v) is 7.36. The van der Waals surface area contributed by atoms with Crippen LogP contribution in [0, 0.1) is 17.8 Å². The SMILES string of the molecule is CCC1CN(C2CC(C)CC(C)C2)CCC1=O. The summed E-state index contributed by atoms with van der Waals surface area (Å²) in [7, 11) is 0. The van der Waals surface area contributed by atoms with E-state index in [4.69, 9.17) is 0 Å². The molecule has 2 heteroatoms. The standard InChI is InChI=1S/C15H27NO/c1-4-13-10-16(6-5-15(13)17)14-8-11(2)7-12(3)9-14/h11-14H,4-10H2,1-3H3. The molecular weight excluding hydrogens is 210 g/mol. The maximum absolute atomic E-state index is 11.8. The van der Waals surface area contributed by atoms with Gasteiger partial charge in [-0.3, -0.25) is 9.69 Å². The van der Waals surface area contributed by atoms with Gasteiger partial charge in [0.25, 0.3) is 0 Å². The average molecular weight is 237 g/mol. The fourth-order valence-corrected chi connectivity index (χ4v) is 3.83. The predicted molar refractivity (Wildman–Crippen MR) is 70.9 cm³/mol. The van der Waals surface area contributed by atoms with Crippen LogP contribution < -0.4 is 0 Å². The number of ketones is 1. The second kappa shape index (κ2) is 5.51. The van der Waals surface area contributed by atoms with Gasteiger partial charge in [-0.2, -0.15) is 0 Å². The molecule has 1 saturated carbocycles. The van der Waals surface area contributed by atoms with Gasteiger partial charge in [-0.15, -0.1) is 0 Å². The Hall–Kier alpha value is -0.370. The van der Waals surface area contributed by atoms with E-state index in [2.05, 4.69) is 25.7 Å². The lowest BCUT2D eigenvalue weighted by Gasteiger charge is -2.42. The summed E-state index contributed by atoms with van der Waals surface area (Å²) >= 11 is 0. The lowest BCUT2D eigenvalue weighted by molar-refractivity contribution is -0.127. The molecule has 98 valence electrons. The first-order chi connectivity index (χ1) is 8.10. The van der Waals surface area contributed by atoms with E-state index in [-0.39, 0.29) is 0 Å². The monoisotopic (exact) mass is 237 g/mol. The molecule has 0 amide bonds. The molecule has 3 atom stereocenters. The molecule has 0 aromatic carbocycles. The van der Waals surface area contributed by atoms with Crippen molar-refractivity contribution in [2.24, 2.45) is 17.8 Å². The van der Waals surface area contributed by atoms with Gasteiger partial charge in [0.1, 0.15) is 5.78 Å². The first-order valence-electron chi connectivity index (χ1n) is 7.36. The van der Waals surface area contributed by atoms with Crippen LogP contribution in [0.1, 0.15) is 52.9 Å². The van der Waals surface area contributed by atoms with E-state index < -0.39 is 0 Å². The molecule has 0 aromatic rings. The summed E-state index contributed by atoms with van der Waals surface area (Å²) in [6.45, 7) is 8.96. The van der Waals surface area contributed by atoms with Crippen molar-refractivity contribution in [3.8, 4) is 0 Å². The number of rotatable bonds is 2. The number of piperidine rings is 1. The molecular formula is C15H27NO. The fourth-order valence-electron chi connectivity index (χ4n) is 3.83. The van der Waals surface area contributed by atoms with Gasteiger partial charge in [0, 0.05) is 31.5 Å². The molecule has 2 fully saturated rings. The van der Waals surface area contributed by atoms with Crippen molar-refractivity contribution in [3.63, 3.8) is 0 Å². The van der Waals surface area contributed by atoms with E-state index in [0.29, 0.717) is 11.7 Å². The number of likely N-dealkylation sites (tertiary alicyclic amines) is 1. The minimum atomic E-state index is 0.316. The van der Waals surface area contributed by atoms with Crippen molar-refractivity contribution >= 4 is 5.78 Å². The molecule has 0 radical (unpaired) electrons. The Kier molecular flexibility index (Phi) is 4.24. The van der Waals surface area contributed by atoms with E-state index in [1.807, 2.05) is 0 Å². The molecule has 0 bridgehead atoms. The van der Waals surface area contributed by atoms with Crippen LogP contribution >= 0.6 is 0 Å². The lowest BCUT2D eigenvalue weighted by atomic mass is 9.79. The van der Waals surface area contributed by atoms with Gasteiger partial charge in [0.15, 0.2) is 0 Å². The van der Waals surface area contributed by atoms with Crippen LogP contribution in [0.3, 0.4) is 0 Å². The third-order valence-corrected chi connectivity index (χ3v) is 4.72. The second-order valence-electron chi connectivity index (χ2n) is 6.39. The highest BCUT2D eigenvalue weighted by atomic mass is 16.1. The number of carbonyl (C=O) groups excluding carboxylic acids is 1. The van der Waals surface area contributed by atoms with E-state index in [1.165, 1.54) is 19.3 Å². The third kappa shape index (κ3) is 3.09. The van der Waals surface area contributed by atoms with Crippen LogP contribution in [0.2, 0.25) is 0 Å². The molecule has 1 aliphatic heterocycles. The molecule has 1 heterocycles. The molecule has 2 aliphatic rings. The average Bonchev–Trinajstić information content (AvgIpc) is 2.28. The maximum Gasteiger partial charge on any atom is 0.138 e. The van der Waals surface area contributed by atoms with Gasteiger partial charge in [-0.1, -0.05) is 20.8 Å². The summed E-state index contributed by atoms with van der Waals surface area (Å²) in [6.07, 6.45) is 5.88. The number of Topliss-reactive ketones (excluding diaryl/α,β-unsaturated/α-hetero) is 1. The summed E-state index contributed by atoms with van der Waals surface area (Å²) in [5.74, 6) is 2.54. The smallest absolute Gasteiger partial charge is 0.138 e. The molecule has 2 nitrogen and oxygen atoms in total. The molecule has 2 rings (SSSR count). The van der Waals surface area contributed by atoms with Crippen LogP contribution in [0.15, 0.2) is 0 Å². The Bertz CT molecular complexity index is 266. The zero-order chi connectivity index (χ0) is 12.4. The van der Waals surface area contributed by atoms with Crippen molar-refractivity contribution in [1.82, 2.24) is 4.90 Å². The Labute approximate surface area is 106 Å². The van der Waals surface area contributed by atoms with Crippen molar-refractivity contribution < 1.29 is 4.79 Å². The molecule has 1 aliphatic carbocycles. The van der Waals surface area contributed by atoms with E-state index >= 15 is 0 Å². The lowest BCUT2D eigenvalue weighted by Crippen LogP contribution is -2.48. The Balaban J connectivity index is 1.95. The minimum absolute atomic E-state index is 0.316. The van der Waals surface area contributed by atoms with Crippen molar-refractivity contribution in [2.75, 3.05) is 13.1 Å². The van der Waals surface area contributed by atoms with Gasteiger partial charge in [-0.05, 0) is 37.5 Å². The Morgan fingerprint density at radius 1 is 1.18 bits per heavy atom. The third-order valence-electron chi connectivity index (χ3n) is 4.72. The number of hydrogen-bond donors (Lipinski definition) is 0. The van der Waals surface area contributed by atoms with E-state index in [0.717, 1.165) is 43.8 Å². The summed E-state index contributed by atoms with van der Waals surface area (Å²) in [6, 6.07) is 0.746. The molecule has 1 saturated heterocycles. The van der Waals surface area contributed by atoms with Gasteiger partial charge < -0.3 is 0 Å². The Morgan fingerprint density at radius 2 is 1.82 bits per heavy atom. The fraction of sp³-hybridized carbons (Fsp3) is 0.933. The number of carbonyl (C=O) groups is 1. The predicted octanol–water partition coefficient (Wildman–Crippen LogP) is 3.11. The largest absolute Gasteiger partial charge is 0.299 e. The van der Waals surface area contributed by atoms with Crippen LogP contribution in [-0.2, 0) is 4.79 Å². The Morgan fingerprint density at radius 3 is 2.41 bits per heavy atom. The zero-order valence-electron chi connectivity index (χ0n) is 11.6. The molecule has 0 spiro atoms. The normalized spacial score (nSPS) is 40.5. The molecule has 17 heavy (non-hydrogen) atoms. The van der Waals surface area contributed by atoms with Crippen LogP contribution in [-0.4, -0.2) is 29.8 Å². The molecule has 0 aromatic heterocycles. The quantitative estimate of drug-likeness (QED) is 0.735. The maximum atomic E-state index is 11.8. The van der Waals surface area contributed by atoms with E-state index in [9.17, 15) is 4.79 Å². The van der Waals surface area contributed by atoms with Crippen molar-refractivity contribution in [2.45, 2.75) is 58.9 Å². The molecule has 0 N–H and O–H groups in total. The highest BCUT2D eigenvalue weighted by Gasteiger charge is 2.33. The first kappa shape index (κ1) is 13.1. The highest BCUT2D eigenvalue weighted by Crippen LogP contribution is 2.33. The van der Waals surface area contributed by atoms with Crippen LogP contribution in [0.5, 0.6) is 0 Å². The van der Waals surface area contributed by atoms with Gasteiger partial charge >= 0.3 is 0 Å². The van der Waals surface area contributed by atoms with Gasteiger partial charge in [0.05, 0.1) is 0 Å². The zero-order valence-corrected chi connectivity index (χ0v) is 11.6. The van der Waals surface area contributed by atoms with Gasteiger partial charge in [0.2, 0.25) is 0 Å². The van der Waals surface area contributed by atoms with Crippen molar-refractivity contribution in [3.05, 3.63) is 0 Å². The van der Waals surface area contributed by atoms with Crippen LogP contribution in [0.25, 0.3) is 0 Å². The van der Waals surface area contributed by atoms with Crippen molar-refractivity contribution in [1.29, 1.82) is 0 Å². The van der Waals surface area contributed by atoms with E-state index in [1.54, 1.807) is 0 Å². The molecule has 3 unspecified atom stereocenters. The second-order valence-corrected chi connectivity index (χ2v) is 6.39. The summed E-state index contributed by atoms with van der Waals surface area (Å²) < 4.78 is 0. The minimum Gasteiger partial charge on any atom is -0.299 e. The highest BCUT2D eigenvalue weighted by molar-refractivity contribution is 5.82. The summed E-state index contributed by atoms with van der Waals surface area (Å²) in [4.78, 5) is 14.4. The van der Waals surface area contributed by atoms with Gasteiger partial charge in [-0.25, -0.2) is 0 Å². The topological polar surface area (TPSA) is 20.3 Å². The van der Waals surface area contributed by atoms with Crippen LogP contribution in [0.4, 0.5) is 0 Å².